The maximum Gasteiger partial charge on any atom is 0.249 e. The van der Waals surface area contributed by atoms with Crippen LogP contribution in [0, 0.1) is 0 Å². The van der Waals surface area contributed by atoms with Gasteiger partial charge >= 0.3 is 0 Å². The average Bonchev–Trinajstić information content (AvgIpc) is 3.42. The minimum atomic E-state index is -1.41. The fourth-order valence-corrected chi connectivity index (χ4v) is 4.53. The fraction of sp³-hybridized carbons (Fsp3) is 0.0500. The summed E-state index contributed by atoms with van der Waals surface area (Å²) < 4.78 is 17.0. The van der Waals surface area contributed by atoms with E-state index in [0.29, 0.717) is 21.0 Å². The van der Waals surface area contributed by atoms with Crippen molar-refractivity contribution in [1.29, 1.82) is 0 Å². The van der Waals surface area contributed by atoms with Gasteiger partial charge in [0, 0.05) is 30.6 Å². The number of nitrogens with one attached hydrogen (secondary N) is 2. The second kappa shape index (κ2) is 8.30. The van der Waals surface area contributed by atoms with Crippen LogP contribution in [0.2, 0.25) is 0 Å². The van der Waals surface area contributed by atoms with E-state index in [1.54, 1.807) is 23.0 Å². The van der Waals surface area contributed by atoms with Crippen molar-refractivity contribution >= 4 is 49.8 Å². The van der Waals surface area contributed by atoms with E-state index in [1.807, 2.05) is 55.8 Å². The number of rotatable bonds is 6. The SMILES string of the molecule is Cn1cc(-c2cnc3ccc(Nc4nnc(N[S+]([O-])c5ccccc5)s4)nc3c2)cn1. The Labute approximate surface area is 184 Å². The molecule has 0 amide bonds. The monoisotopic (exact) mass is 448 g/mol. The number of nitrogens with zero attached hydrogens (tertiary/aromatic N) is 6. The van der Waals surface area contributed by atoms with Crippen molar-refractivity contribution in [2.75, 3.05) is 10.0 Å². The van der Waals surface area contributed by atoms with E-state index in [9.17, 15) is 4.55 Å². The molecule has 1 unspecified atom stereocenters. The number of aryl methyl sites for hydroxylation is 1. The van der Waals surface area contributed by atoms with Gasteiger partial charge in [-0.05, 0) is 30.3 Å². The third-order valence-corrected chi connectivity index (χ3v) is 6.34. The summed E-state index contributed by atoms with van der Waals surface area (Å²) in [6, 6.07) is 14.8. The van der Waals surface area contributed by atoms with Crippen molar-refractivity contribution < 1.29 is 4.55 Å². The highest BCUT2D eigenvalue weighted by Crippen LogP contribution is 2.27. The molecule has 0 aliphatic carbocycles. The molecular weight excluding hydrogens is 432 g/mol. The average molecular weight is 449 g/mol. The zero-order valence-corrected chi connectivity index (χ0v) is 17.9. The Balaban J connectivity index is 1.33. The van der Waals surface area contributed by atoms with Gasteiger partial charge in [0.15, 0.2) is 4.90 Å². The summed E-state index contributed by atoms with van der Waals surface area (Å²) in [7, 11) is 1.87. The van der Waals surface area contributed by atoms with Gasteiger partial charge in [-0.25, -0.2) is 4.98 Å². The largest absolute Gasteiger partial charge is 0.588 e. The maximum atomic E-state index is 12.4. The lowest BCUT2D eigenvalue weighted by molar-refractivity contribution is 0.600. The first-order chi connectivity index (χ1) is 15.1. The van der Waals surface area contributed by atoms with Crippen molar-refractivity contribution in [3.63, 3.8) is 0 Å². The molecule has 0 fully saturated rings. The van der Waals surface area contributed by atoms with E-state index in [-0.39, 0.29) is 0 Å². The molecule has 0 spiro atoms. The van der Waals surface area contributed by atoms with Crippen LogP contribution in [0.15, 0.2) is 72.0 Å². The van der Waals surface area contributed by atoms with Gasteiger partial charge in [-0.15, -0.1) is 10.2 Å². The highest BCUT2D eigenvalue weighted by molar-refractivity contribution is 7.93. The summed E-state index contributed by atoms with van der Waals surface area (Å²) in [5.41, 5.74) is 3.45. The van der Waals surface area contributed by atoms with Gasteiger partial charge in [0.2, 0.25) is 10.3 Å². The van der Waals surface area contributed by atoms with Crippen molar-refractivity contribution in [3.05, 3.63) is 67.1 Å². The molecule has 0 saturated carbocycles. The van der Waals surface area contributed by atoms with Crippen LogP contribution in [-0.2, 0) is 18.4 Å². The van der Waals surface area contributed by atoms with E-state index in [2.05, 4.69) is 35.3 Å². The highest BCUT2D eigenvalue weighted by Gasteiger charge is 2.15. The van der Waals surface area contributed by atoms with Crippen molar-refractivity contribution in [1.82, 2.24) is 29.9 Å². The van der Waals surface area contributed by atoms with E-state index < -0.39 is 11.4 Å². The first-order valence-corrected chi connectivity index (χ1v) is 11.2. The van der Waals surface area contributed by atoms with Gasteiger partial charge in [0.1, 0.15) is 17.2 Å². The molecule has 5 rings (SSSR count). The Bertz CT molecular complexity index is 1340. The number of anilines is 3. The molecule has 0 aliphatic rings. The minimum Gasteiger partial charge on any atom is -0.588 e. The Morgan fingerprint density at radius 2 is 1.81 bits per heavy atom. The topological polar surface area (TPSA) is 116 Å². The Morgan fingerprint density at radius 3 is 2.61 bits per heavy atom. The van der Waals surface area contributed by atoms with E-state index in [4.69, 9.17) is 0 Å². The van der Waals surface area contributed by atoms with Gasteiger partial charge < -0.3 is 9.87 Å². The van der Waals surface area contributed by atoms with Crippen LogP contribution < -0.4 is 10.0 Å². The number of pyridine rings is 2. The number of benzene rings is 1. The zero-order chi connectivity index (χ0) is 21.2. The molecule has 31 heavy (non-hydrogen) atoms. The Hall–Kier alpha value is -3.54. The second-order valence-corrected chi connectivity index (χ2v) is 8.77. The van der Waals surface area contributed by atoms with Crippen LogP contribution in [-0.4, -0.2) is 34.5 Å². The van der Waals surface area contributed by atoms with Crippen LogP contribution >= 0.6 is 11.3 Å². The normalized spacial score (nSPS) is 12.1. The molecule has 9 nitrogen and oxygen atoms in total. The van der Waals surface area contributed by atoms with Crippen molar-refractivity contribution in [2.24, 2.45) is 7.05 Å². The lowest BCUT2D eigenvalue weighted by atomic mass is 10.1. The summed E-state index contributed by atoms with van der Waals surface area (Å²) in [6.45, 7) is 0. The minimum absolute atomic E-state index is 0.450. The Morgan fingerprint density at radius 1 is 0.968 bits per heavy atom. The quantitative estimate of drug-likeness (QED) is 0.377. The molecule has 0 saturated heterocycles. The molecule has 154 valence electrons. The van der Waals surface area contributed by atoms with Gasteiger partial charge in [-0.1, -0.05) is 29.5 Å². The van der Waals surface area contributed by atoms with Crippen LogP contribution in [0.25, 0.3) is 22.2 Å². The third kappa shape index (κ3) is 4.33. The number of fused-ring (bicyclic) bond motifs is 1. The predicted octanol–water partition coefficient (Wildman–Crippen LogP) is 3.76. The number of hydrogen-bond acceptors (Lipinski definition) is 9. The van der Waals surface area contributed by atoms with Crippen LogP contribution in [0.1, 0.15) is 0 Å². The van der Waals surface area contributed by atoms with Gasteiger partial charge in [0.25, 0.3) is 0 Å². The van der Waals surface area contributed by atoms with Crippen LogP contribution in [0.3, 0.4) is 0 Å². The first-order valence-electron chi connectivity index (χ1n) is 9.24. The van der Waals surface area contributed by atoms with Gasteiger partial charge in [-0.3, -0.25) is 9.67 Å². The lowest BCUT2D eigenvalue weighted by Gasteiger charge is -2.07. The van der Waals surface area contributed by atoms with E-state index in [0.717, 1.165) is 22.2 Å². The molecular formula is C20H16N8OS2. The zero-order valence-electron chi connectivity index (χ0n) is 16.3. The number of aromatic nitrogens is 6. The second-order valence-electron chi connectivity index (χ2n) is 6.58. The van der Waals surface area contributed by atoms with E-state index >= 15 is 0 Å². The third-order valence-electron chi connectivity index (χ3n) is 4.37. The number of hydrogen-bond donors (Lipinski definition) is 2. The van der Waals surface area contributed by atoms with Crippen molar-refractivity contribution in [3.8, 4) is 11.1 Å². The summed E-state index contributed by atoms with van der Waals surface area (Å²) in [6.07, 6.45) is 5.53. The standard InChI is InChI=1S/C20H16N8OS2/c1-28-12-14(11-22-28)13-9-17-16(21-10-13)7-8-18(23-17)24-19-25-26-20(30-19)27-31(29)15-5-3-2-4-6-15/h2-12H,1H3,(H,26,27)(H,23,24,25). The summed E-state index contributed by atoms with van der Waals surface area (Å²) in [4.78, 5) is 9.79. The fourth-order valence-electron chi connectivity index (χ4n) is 2.91. The smallest absolute Gasteiger partial charge is 0.249 e. The molecule has 2 N–H and O–H groups in total. The molecule has 4 heterocycles. The molecule has 11 heteroatoms. The summed E-state index contributed by atoms with van der Waals surface area (Å²) in [5, 5.41) is 16.5. The van der Waals surface area contributed by atoms with Crippen LogP contribution in [0.5, 0.6) is 0 Å². The summed E-state index contributed by atoms with van der Waals surface area (Å²) >= 11 is -0.151. The van der Waals surface area contributed by atoms with Crippen molar-refractivity contribution in [2.45, 2.75) is 4.90 Å². The molecule has 0 aliphatic heterocycles. The van der Waals surface area contributed by atoms with Gasteiger partial charge in [0.05, 0.1) is 17.2 Å². The Kier molecular flexibility index (Phi) is 5.20. The van der Waals surface area contributed by atoms with Gasteiger partial charge in [-0.2, -0.15) is 9.82 Å². The maximum absolute atomic E-state index is 12.4. The molecule has 5 aromatic rings. The van der Waals surface area contributed by atoms with Crippen LogP contribution in [0.4, 0.5) is 16.1 Å². The highest BCUT2D eigenvalue weighted by atomic mass is 32.2. The molecule has 1 aromatic carbocycles. The molecule has 0 radical (unpaired) electrons. The van der Waals surface area contributed by atoms with E-state index in [1.165, 1.54) is 11.3 Å². The molecule has 1 atom stereocenters. The molecule has 4 aromatic heterocycles. The lowest BCUT2D eigenvalue weighted by Crippen LogP contribution is -2.12. The summed E-state index contributed by atoms with van der Waals surface area (Å²) in [5.74, 6) is 0.615. The predicted molar refractivity (Wildman–Crippen MR) is 121 cm³/mol. The molecule has 0 bridgehead atoms. The first kappa shape index (κ1) is 19.4.